The Balaban J connectivity index is 1.52. The number of sulfone groups is 1. The van der Waals surface area contributed by atoms with Crippen LogP contribution in [0.15, 0.2) is 35.2 Å². The van der Waals surface area contributed by atoms with E-state index < -0.39 is 9.84 Å². The summed E-state index contributed by atoms with van der Waals surface area (Å²) < 4.78 is 24.8. The van der Waals surface area contributed by atoms with Gasteiger partial charge in [0.15, 0.2) is 9.84 Å². The Morgan fingerprint density at radius 1 is 1.08 bits per heavy atom. The first-order valence-corrected chi connectivity index (χ1v) is 10.9. The summed E-state index contributed by atoms with van der Waals surface area (Å²) in [5, 5.41) is 0. The molecule has 2 aliphatic rings. The van der Waals surface area contributed by atoms with Gasteiger partial charge in [-0.2, -0.15) is 0 Å². The molecule has 2 heterocycles. The van der Waals surface area contributed by atoms with Gasteiger partial charge < -0.3 is 9.80 Å². The van der Waals surface area contributed by atoms with Crippen molar-refractivity contribution in [3.05, 3.63) is 30.3 Å². The second kappa shape index (κ2) is 7.46. The molecule has 0 bridgehead atoms. The van der Waals surface area contributed by atoms with E-state index >= 15 is 0 Å². The van der Waals surface area contributed by atoms with Crippen LogP contribution in [0.4, 0.5) is 0 Å². The van der Waals surface area contributed by atoms with E-state index in [-0.39, 0.29) is 17.1 Å². The SMILES string of the molecule is CCN1CC2(CCC1=O)CCN(CCS(=O)(=O)c1ccccc1)CC2. The summed E-state index contributed by atoms with van der Waals surface area (Å²) in [5.74, 6) is 0.452. The van der Waals surface area contributed by atoms with E-state index in [0.29, 0.717) is 17.9 Å². The lowest BCUT2D eigenvalue weighted by Crippen LogP contribution is -2.51. The monoisotopic (exact) mass is 364 g/mol. The molecule has 1 amide bonds. The molecule has 3 rings (SSSR count). The van der Waals surface area contributed by atoms with Crippen molar-refractivity contribution in [3.8, 4) is 0 Å². The van der Waals surface area contributed by atoms with Crippen molar-refractivity contribution in [1.29, 1.82) is 0 Å². The second-order valence-corrected chi connectivity index (χ2v) is 9.49. The molecule has 2 saturated heterocycles. The molecule has 0 atom stereocenters. The van der Waals surface area contributed by atoms with E-state index in [1.54, 1.807) is 24.3 Å². The van der Waals surface area contributed by atoms with Crippen LogP contribution in [0.25, 0.3) is 0 Å². The first kappa shape index (κ1) is 18.4. The van der Waals surface area contributed by atoms with Crippen LogP contribution < -0.4 is 0 Å². The zero-order chi connectivity index (χ0) is 17.9. The maximum Gasteiger partial charge on any atom is 0.222 e. The van der Waals surface area contributed by atoms with Crippen LogP contribution in [0.5, 0.6) is 0 Å². The highest BCUT2D eigenvalue weighted by Gasteiger charge is 2.40. The van der Waals surface area contributed by atoms with Gasteiger partial charge in [0.05, 0.1) is 10.6 Å². The number of carbonyl (C=O) groups is 1. The molecule has 25 heavy (non-hydrogen) atoms. The van der Waals surface area contributed by atoms with Crippen LogP contribution in [-0.2, 0) is 14.6 Å². The molecule has 0 saturated carbocycles. The molecule has 2 aliphatic heterocycles. The molecular weight excluding hydrogens is 336 g/mol. The van der Waals surface area contributed by atoms with Gasteiger partial charge in [-0.3, -0.25) is 4.79 Å². The third kappa shape index (κ3) is 4.23. The van der Waals surface area contributed by atoms with Crippen LogP contribution in [0.1, 0.15) is 32.6 Å². The minimum atomic E-state index is -3.21. The fourth-order valence-electron chi connectivity index (χ4n) is 4.04. The molecule has 6 heteroatoms. The molecule has 138 valence electrons. The van der Waals surface area contributed by atoms with Gasteiger partial charge in [0.25, 0.3) is 0 Å². The Bertz CT molecular complexity index is 695. The number of carbonyl (C=O) groups excluding carboxylic acids is 1. The minimum absolute atomic E-state index is 0.170. The van der Waals surface area contributed by atoms with Crippen molar-refractivity contribution < 1.29 is 13.2 Å². The molecule has 0 aromatic heterocycles. The van der Waals surface area contributed by atoms with Crippen molar-refractivity contribution in [3.63, 3.8) is 0 Å². The van der Waals surface area contributed by atoms with E-state index in [2.05, 4.69) is 4.90 Å². The Kier molecular flexibility index (Phi) is 5.49. The third-order valence-corrected chi connectivity index (χ3v) is 7.54. The Morgan fingerprint density at radius 3 is 2.40 bits per heavy atom. The fraction of sp³-hybridized carbons (Fsp3) is 0.632. The van der Waals surface area contributed by atoms with Gasteiger partial charge >= 0.3 is 0 Å². The third-order valence-electron chi connectivity index (χ3n) is 5.83. The van der Waals surface area contributed by atoms with Gasteiger partial charge in [-0.15, -0.1) is 0 Å². The van der Waals surface area contributed by atoms with Crippen LogP contribution in [0, 0.1) is 5.41 Å². The molecule has 0 aliphatic carbocycles. The van der Waals surface area contributed by atoms with Gasteiger partial charge in [0, 0.05) is 26.1 Å². The highest BCUT2D eigenvalue weighted by molar-refractivity contribution is 7.91. The zero-order valence-corrected chi connectivity index (χ0v) is 15.8. The Morgan fingerprint density at radius 2 is 1.76 bits per heavy atom. The molecule has 0 unspecified atom stereocenters. The molecule has 2 fully saturated rings. The van der Waals surface area contributed by atoms with Crippen molar-refractivity contribution >= 4 is 15.7 Å². The number of benzene rings is 1. The predicted octanol–water partition coefficient (Wildman–Crippen LogP) is 2.18. The van der Waals surface area contributed by atoms with Crippen molar-refractivity contribution in [1.82, 2.24) is 9.80 Å². The van der Waals surface area contributed by atoms with Crippen molar-refractivity contribution in [2.75, 3.05) is 38.5 Å². The first-order valence-electron chi connectivity index (χ1n) is 9.22. The number of rotatable bonds is 5. The van der Waals surface area contributed by atoms with Gasteiger partial charge in [-0.1, -0.05) is 18.2 Å². The van der Waals surface area contributed by atoms with Crippen LogP contribution >= 0.6 is 0 Å². The van der Waals surface area contributed by atoms with E-state index in [9.17, 15) is 13.2 Å². The average molecular weight is 365 g/mol. The normalized spacial score (nSPS) is 21.6. The lowest BCUT2D eigenvalue weighted by atomic mass is 9.72. The minimum Gasteiger partial charge on any atom is -0.342 e. The standard InChI is InChI=1S/C19H28N2O3S/c1-2-21-16-19(9-8-18(21)22)10-12-20(13-11-19)14-15-25(23,24)17-6-4-3-5-7-17/h3-7H,2,8-16H2,1H3. The highest BCUT2D eigenvalue weighted by Crippen LogP contribution is 2.40. The molecule has 1 aromatic carbocycles. The van der Waals surface area contributed by atoms with Crippen molar-refractivity contribution in [2.45, 2.75) is 37.5 Å². The summed E-state index contributed by atoms with van der Waals surface area (Å²) in [6, 6.07) is 8.69. The number of piperidine rings is 2. The van der Waals surface area contributed by atoms with Crippen LogP contribution in [0.3, 0.4) is 0 Å². The molecular formula is C19H28N2O3S. The predicted molar refractivity (Wildman–Crippen MR) is 98.1 cm³/mol. The summed E-state index contributed by atoms with van der Waals surface area (Å²) in [7, 11) is -3.21. The lowest BCUT2D eigenvalue weighted by Gasteiger charge is -2.47. The lowest BCUT2D eigenvalue weighted by molar-refractivity contribution is -0.138. The Labute approximate surface area is 150 Å². The maximum absolute atomic E-state index is 12.4. The van der Waals surface area contributed by atoms with E-state index in [0.717, 1.165) is 45.4 Å². The molecule has 5 nitrogen and oxygen atoms in total. The molecule has 1 spiro atoms. The van der Waals surface area contributed by atoms with Gasteiger partial charge in [0.1, 0.15) is 0 Å². The summed E-state index contributed by atoms with van der Waals surface area (Å²) in [6.07, 6.45) is 3.76. The largest absolute Gasteiger partial charge is 0.342 e. The molecule has 0 radical (unpaired) electrons. The quantitative estimate of drug-likeness (QED) is 0.804. The van der Waals surface area contributed by atoms with E-state index in [1.807, 2.05) is 17.9 Å². The number of hydrogen-bond acceptors (Lipinski definition) is 4. The number of nitrogens with zero attached hydrogens (tertiary/aromatic N) is 2. The van der Waals surface area contributed by atoms with E-state index in [4.69, 9.17) is 0 Å². The average Bonchev–Trinajstić information content (AvgIpc) is 2.64. The van der Waals surface area contributed by atoms with E-state index in [1.165, 1.54) is 0 Å². The number of hydrogen-bond donors (Lipinski definition) is 0. The van der Waals surface area contributed by atoms with Crippen molar-refractivity contribution in [2.24, 2.45) is 5.41 Å². The molecule has 0 N–H and O–H groups in total. The summed E-state index contributed by atoms with van der Waals surface area (Å²) in [5.41, 5.74) is 0.249. The van der Waals surface area contributed by atoms with Crippen LogP contribution in [0.2, 0.25) is 0 Å². The second-order valence-electron chi connectivity index (χ2n) is 7.38. The Hall–Kier alpha value is -1.40. The smallest absolute Gasteiger partial charge is 0.222 e. The topological polar surface area (TPSA) is 57.7 Å². The highest BCUT2D eigenvalue weighted by atomic mass is 32.2. The maximum atomic E-state index is 12.4. The number of likely N-dealkylation sites (tertiary alicyclic amines) is 2. The van der Waals surface area contributed by atoms with Gasteiger partial charge in [0.2, 0.25) is 5.91 Å². The fourth-order valence-corrected chi connectivity index (χ4v) is 5.35. The molecule has 1 aromatic rings. The van der Waals surface area contributed by atoms with Crippen LogP contribution in [-0.4, -0.2) is 62.6 Å². The number of amides is 1. The summed E-state index contributed by atoms with van der Waals surface area (Å²) in [6.45, 7) is 6.15. The summed E-state index contributed by atoms with van der Waals surface area (Å²) in [4.78, 5) is 16.6. The summed E-state index contributed by atoms with van der Waals surface area (Å²) >= 11 is 0. The van der Waals surface area contributed by atoms with Gasteiger partial charge in [-0.05, 0) is 56.8 Å². The zero-order valence-electron chi connectivity index (χ0n) is 15.0. The first-order chi connectivity index (χ1) is 11.9. The van der Waals surface area contributed by atoms with Gasteiger partial charge in [-0.25, -0.2) is 8.42 Å².